The molecule has 0 fully saturated rings. The number of nitrogens with one attached hydrogen (secondary N) is 1. The van der Waals surface area contributed by atoms with Crippen molar-refractivity contribution in [1.82, 2.24) is 5.32 Å². The number of rotatable bonds is 3. The summed E-state index contributed by atoms with van der Waals surface area (Å²) >= 11 is 0. The topological polar surface area (TPSA) is 38.0 Å². The van der Waals surface area contributed by atoms with Gasteiger partial charge >= 0.3 is 0 Å². The monoisotopic (exact) mass is 166 g/mol. The molecule has 0 aliphatic heterocycles. The Bertz CT molecular complexity index is 204. The normalized spacial score (nSPS) is 23.3. The third-order valence-corrected chi connectivity index (χ3v) is 2.35. The number of hydrogen-bond donors (Lipinski definition) is 2. The van der Waals surface area contributed by atoms with E-state index in [9.17, 15) is 0 Å². The predicted octanol–water partition coefficient (Wildman–Crippen LogP) is 1.40. The summed E-state index contributed by atoms with van der Waals surface area (Å²) < 4.78 is 0. The van der Waals surface area contributed by atoms with Gasteiger partial charge < -0.3 is 11.1 Å². The summed E-state index contributed by atoms with van der Waals surface area (Å²) in [7, 11) is 1.98. The molecule has 0 heterocycles. The fourth-order valence-electron chi connectivity index (χ4n) is 1.53. The van der Waals surface area contributed by atoms with Crippen LogP contribution in [0.2, 0.25) is 0 Å². The van der Waals surface area contributed by atoms with Gasteiger partial charge in [-0.15, -0.1) is 0 Å². The average molecular weight is 166 g/mol. The van der Waals surface area contributed by atoms with Gasteiger partial charge in [-0.3, -0.25) is 0 Å². The average Bonchev–Trinajstić information content (AvgIpc) is 2.03. The number of hydrogen-bond acceptors (Lipinski definition) is 2. The van der Waals surface area contributed by atoms with Gasteiger partial charge in [0.15, 0.2) is 0 Å². The minimum atomic E-state index is 0.628. The fourth-order valence-corrected chi connectivity index (χ4v) is 1.53. The molecule has 0 spiro atoms. The van der Waals surface area contributed by atoms with E-state index in [2.05, 4.69) is 18.3 Å². The van der Waals surface area contributed by atoms with Gasteiger partial charge in [0, 0.05) is 5.70 Å². The number of nitrogens with two attached hydrogens (primary N) is 1. The Morgan fingerprint density at radius 2 is 2.33 bits per heavy atom. The first kappa shape index (κ1) is 9.33. The Balaban J connectivity index is 2.51. The zero-order valence-electron chi connectivity index (χ0n) is 7.93. The third-order valence-electron chi connectivity index (χ3n) is 2.35. The van der Waals surface area contributed by atoms with Gasteiger partial charge in [-0.2, -0.15) is 0 Å². The van der Waals surface area contributed by atoms with Crippen LogP contribution in [0.25, 0.3) is 0 Å². The lowest BCUT2D eigenvalue weighted by Crippen LogP contribution is -2.15. The maximum Gasteiger partial charge on any atom is 0.00863 e. The summed E-state index contributed by atoms with van der Waals surface area (Å²) in [5.41, 5.74) is 8.24. The second-order valence-electron chi connectivity index (χ2n) is 3.44. The maximum atomic E-state index is 5.72. The van der Waals surface area contributed by atoms with E-state index in [4.69, 9.17) is 5.73 Å². The van der Waals surface area contributed by atoms with Gasteiger partial charge in [0.25, 0.3) is 0 Å². The second-order valence-corrected chi connectivity index (χ2v) is 3.44. The van der Waals surface area contributed by atoms with Crippen LogP contribution in [-0.4, -0.2) is 13.6 Å². The molecule has 1 aliphatic rings. The van der Waals surface area contributed by atoms with Crippen molar-refractivity contribution in [3.63, 3.8) is 0 Å². The largest absolute Gasteiger partial charge is 0.402 e. The van der Waals surface area contributed by atoms with Gasteiger partial charge in [-0.05, 0) is 38.4 Å². The molecule has 3 N–H and O–H groups in total. The first-order valence-corrected chi connectivity index (χ1v) is 4.53. The Hall–Kier alpha value is -0.760. The molecule has 68 valence electrons. The molecule has 0 amide bonds. The van der Waals surface area contributed by atoms with Crippen LogP contribution in [-0.2, 0) is 0 Å². The van der Waals surface area contributed by atoms with E-state index >= 15 is 0 Å². The van der Waals surface area contributed by atoms with E-state index in [0.29, 0.717) is 5.92 Å². The minimum absolute atomic E-state index is 0.628. The molecule has 1 atom stereocenters. The van der Waals surface area contributed by atoms with E-state index in [-0.39, 0.29) is 0 Å². The summed E-state index contributed by atoms with van der Waals surface area (Å²) in [6, 6.07) is 0. The highest BCUT2D eigenvalue weighted by Gasteiger charge is 2.12. The van der Waals surface area contributed by atoms with Crippen molar-refractivity contribution < 1.29 is 0 Å². The molecule has 0 aromatic carbocycles. The third kappa shape index (κ3) is 2.38. The maximum absolute atomic E-state index is 5.72. The Labute approximate surface area is 74.5 Å². The Kier molecular flexibility index (Phi) is 3.35. The van der Waals surface area contributed by atoms with Crippen LogP contribution in [0.1, 0.15) is 19.8 Å². The van der Waals surface area contributed by atoms with Crippen LogP contribution in [0.5, 0.6) is 0 Å². The molecule has 0 aromatic heterocycles. The highest BCUT2D eigenvalue weighted by Crippen LogP contribution is 2.24. The van der Waals surface area contributed by atoms with Crippen molar-refractivity contribution in [3.8, 4) is 0 Å². The molecule has 0 saturated carbocycles. The van der Waals surface area contributed by atoms with Crippen molar-refractivity contribution in [2.45, 2.75) is 19.8 Å². The van der Waals surface area contributed by atoms with Gasteiger partial charge in [0.2, 0.25) is 0 Å². The molecule has 12 heavy (non-hydrogen) atoms. The SMILES string of the molecule is CNCCC1=CC=C(N)CC1C. The molecule has 0 saturated heterocycles. The van der Waals surface area contributed by atoms with Crippen molar-refractivity contribution in [2.75, 3.05) is 13.6 Å². The zero-order chi connectivity index (χ0) is 8.97. The smallest absolute Gasteiger partial charge is 0.00863 e. The van der Waals surface area contributed by atoms with Crippen LogP contribution in [0.4, 0.5) is 0 Å². The van der Waals surface area contributed by atoms with Crippen LogP contribution >= 0.6 is 0 Å². The lowest BCUT2D eigenvalue weighted by molar-refractivity contribution is 0.612. The summed E-state index contributed by atoms with van der Waals surface area (Å²) in [5, 5.41) is 3.15. The lowest BCUT2D eigenvalue weighted by atomic mass is 9.89. The van der Waals surface area contributed by atoms with E-state index in [1.807, 2.05) is 13.1 Å². The molecule has 0 aromatic rings. The van der Waals surface area contributed by atoms with Crippen molar-refractivity contribution >= 4 is 0 Å². The molecule has 1 rings (SSSR count). The summed E-state index contributed by atoms with van der Waals surface area (Å²) in [6.45, 7) is 3.30. The molecular formula is C10H18N2. The standard InChI is InChI=1S/C10H18N2/c1-8-7-10(11)4-3-9(8)5-6-12-2/h3-4,8,12H,5-7,11H2,1-2H3. The van der Waals surface area contributed by atoms with Crippen LogP contribution in [0.3, 0.4) is 0 Å². The van der Waals surface area contributed by atoms with Gasteiger partial charge in [-0.25, -0.2) is 0 Å². The second kappa shape index (κ2) is 4.31. The van der Waals surface area contributed by atoms with Gasteiger partial charge in [-0.1, -0.05) is 18.6 Å². The highest BCUT2D eigenvalue weighted by molar-refractivity contribution is 5.24. The zero-order valence-corrected chi connectivity index (χ0v) is 7.93. The van der Waals surface area contributed by atoms with Crippen LogP contribution < -0.4 is 11.1 Å². The molecule has 2 nitrogen and oxygen atoms in total. The summed E-state index contributed by atoms with van der Waals surface area (Å²) in [4.78, 5) is 0. The first-order chi connectivity index (χ1) is 5.74. The fraction of sp³-hybridized carbons (Fsp3) is 0.600. The lowest BCUT2D eigenvalue weighted by Gasteiger charge is -2.19. The quantitative estimate of drug-likeness (QED) is 0.665. The molecule has 1 unspecified atom stereocenters. The highest BCUT2D eigenvalue weighted by atomic mass is 14.8. The van der Waals surface area contributed by atoms with E-state index < -0.39 is 0 Å². The predicted molar refractivity (Wildman–Crippen MR) is 52.7 cm³/mol. The molecule has 2 heteroatoms. The Morgan fingerprint density at radius 3 is 2.92 bits per heavy atom. The summed E-state index contributed by atoms with van der Waals surface area (Å²) in [6.07, 6.45) is 6.36. The van der Waals surface area contributed by atoms with Crippen molar-refractivity contribution in [2.24, 2.45) is 11.7 Å². The van der Waals surface area contributed by atoms with Crippen molar-refractivity contribution in [1.29, 1.82) is 0 Å². The first-order valence-electron chi connectivity index (χ1n) is 4.53. The van der Waals surface area contributed by atoms with Gasteiger partial charge in [0.05, 0.1) is 0 Å². The van der Waals surface area contributed by atoms with Crippen LogP contribution in [0, 0.1) is 5.92 Å². The molecular weight excluding hydrogens is 148 g/mol. The van der Waals surface area contributed by atoms with E-state index in [0.717, 1.165) is 25.1 Å². The Morgan fingerprint density at radius 1 is 1.58 bits per heavy atom. The van der Waals surface area contributed by atoms with Crippen LogP contribution in [0.15, 0.2) is 23.4 Å². The van der Waals surface area contributed by atoms with Crippen molar-refractivity contribution in [3.05, 3.63) is 23.4 Å². The minimum Gasteiger partial charge on any atom is -0.402 e. The van der Waals surface area contributed by atoms with E-state index in [1.165, 1.54) is 5.57 Å². The molecule has 0 radical (unpaired) electrons. The summed E-state index contributed by atoms with van der Waals surface area (Å²) in [5.74, 6) is 0.628. The molecule has 0 bridgehead atoms. The number of allylic oxidation sites excluding steroid dienone is 3. The van der Waals surface area contributed by atoms with E-state index in [1.54, 1.807) is 0 Å². The molecule has 1 aliphatic carbocycles. The van der Waals surface area contributed by atoms with Gasteiger partial charge in [0.1, 0.15) is 0 Å².